The summed E-state index contributed by atoms with van der Waals surface area (Å²) in [7, 11) is 1.77. The van der Waals surface area contributed by atoms with Crippen molar-refractivity contribution in [1.82, 2.24) is 4.57 Å². The second-order valence-corrected chi connectivity index (χ2v) is 5.99. The third-order valence-corrected chi connectivity index (χ3v) is 4.60. The number of benzene rings is 2. The molecule has 1 aromatic heterocycles. The molecule has 1 aliphatic rings. The number of carbonyl (C=O) groups excluding carboxylic acids is 1. The van der Waals surface area contributed by atoms with Crippen molar-refractivity contribution in [2.75, 3.05) is 13.6 Å². The number of hydrogen-bond acceptors (Lipinski definition) is 2. The first-order chi connectivity index (χ1) is 11.7. The predicted molar refractivity (Wildman–Crippen MR) is 95.8 cm³/mol. The van der Waals surface area contributed by atoms with Gasteiger partial charge in [-0.15, -0.1) is 6.54 Å². The van der Waals surface area contributed by atoms with E-state index >= 15 is 0 Å². The van der Waals surface area contributed by atoms with Crippen LogP contribution >= 0.6 is 0 Å². The van der Waals surface area contributed by atoms with E-state index in [1.165, 1.54) is 0 Å². The Balaban J connectivity index is 0.00000182. The molecule has 25 heavy (non-hydrogen) atoms. The molecule has 1 heterocycles. The number of nitrogens with zero attached hydrogens (tertiary/aromatic N) is 2. The summed E-state index contributed by atoms with van der Waals surface area (Å²) >= 11 is 0. The number of ketones is 1. The molecule has 4 rings (SSSR count). The van der Waals surface area contributed by atoms with Gasteiger partial charge in [-0.3, -0.25) is 9.59 Å². The minimum atomic E-state index is -0.0371. The first kappa shape index (κ1) is 17.7. The van der Waals surface area contributed by atoms with E-state index in [1.807, 2.05) is 42.5 Å². The molecule has 0 saturated heterocycles. The molecule has 1 aliphatic carbocycles. The van der Waals surface area contributed by atoms with E-state index in [4.69, 9.17) is 0 Å². The monoisotopic (exact) mass is 368 g/mol. The molecule has 4 nitrogen and oxygen atoms in total. The average Bonchev–Trinajstić information content (AvgIpc) is 2.91. The van der Waals surface area contributed by atoms with E-state index in [0.29, 0.717) is 29.6 Å². The van der Waals surface area contributed by atoms with Crippen LogP contribution in [0.25, 0.3) is 27.3 Å². The maximum absolute atomic E-state index is 13.0. The van der Waals surface area contributed by atoms with Crippen LogP contribution in [0.2, 0.25) is 0 Å². The molecule has 0 atom stereocenters. The van der Waals surface area contributed by atoms with Crippen molar-refractivity contribution >= 4 is 16.6 Å². The second kappa shape index (κ2) is 7.00. The summed E-state index contributed by atoms with van der Waals surface area (Å²) in [5, 5.41) is 5.46. The largest absolute Gasteiger partial charge is 0.665 e. The van der Waals surface area contributed by atoms with Crippen LogP contribution in [-0.4, -0.2) is 23.9 Å². The summed E-state index contributed by atoms with van der Waals surface area (Å²) in [4.78, 5) is 26.0. The fourth-order valence-electron chi connectivity index (χ4n) is 3.53. The van der Waals surface area contributed by atoms with E-state index < -0.39 is 0 Å². The third-order valence-electron chi connectivity index (χ3n) is 4.60. The second-order valence-electron chi connectivity index (χ2n) is 5.99. The van der Waals surface area contributed by atoms with E-state index in [-0.39, 0.29) is 29.9 Å². The Morgan fingerprint density at radius 1 is 0.920 bits per heavy atom. The van der Waals surface area contributed by atoms with Gasteiger partial charge in [0.15, 0.2) is 5.78 Å². The molecule has 125 valence electrons. The summed E-state index contributed by atoms with van der Waals surface area (Å²) < 4.78 is 1.76. The number of hydrogen-bond donors (Lipinski definition) is 0. The zero-order valence-electron chi connectivity index (χ0n) is 13.9. The van der Waals surface area contributed by atoms with Gasteiger partial charge in [0.2, 0.25) is 0 Å². The van der Waals surface area contributed by atoms with Crippen molar-refractivity contribution in [3.05, 3.63) is 75.3 Å². The van der Waals surface area contributed by atoms with Crippen LogP contribution in [0.1, 0.15) is 22.3 Å². The first-order valence-corrected chi connectivity index (χ1v) is 8.09. The van der Waals surface area contributed by atoms with Crippen molar-refractivity contribution < 1.29 is 23.4 Å². The Hall–Kier alpha value is -2.14. The van der Waals surface area contributed by atoms with Crippen LogP contribution in [0.4, 0.5) is 0 Å². The van der Waals surface area contributed by atoms with E-state index in [0.717, 1.165) is 23.1 Å². The maximum Gasteiger partial charge on any atom is 0.258 e. The Labute approximate surface area is 157 Å². The fraction of sp³-hybridized carbons (Fsp3) is 0.200. The Kier molecular flexibility index (Phi) is 4.95. The molecule has 0 spiro atoms. The molecule has 0 fully saturated rings. The summed E-state index contributed by atoms with van der Waals surface area (Å²) in [5.74, 6) is 0.00530. The number of pyridine rings is 1. The molecule has 2 aromatic carbocycles. The maximum atomic E-state index is 13.0. The normalized spacial score (nSPS) is 12.0. The Morgan fingerprint density at radius 3 is 2.28 bits per heavy atom. The third kappa shape index (κ3) is 2.67. The van der Waals surface area contributed by atoms with Gasteiger partial charge in [0.25, 0.3) is 5.56 Å². The topological polar surface area (TPSA) is 53.2 Å². The van der Waals surface area contributed by atoms with Gasteiger partial charge in [0.05, 0.1) is 11.3 Å². The molecule has 0 unspecified atom stereocenters. The summed E-state index contributed by atoms with van der Waals surface area (Å²) in [6, 6.07) is 14.9. The van der Waals surface area contributed by atoms with Crippen molar-refractivity contribution in [3.63, 3.8) is 0 Å². The van der Waals surface area contributed by atoms with Crippen LogP contribution in [0.3, 0.4) is 0 Å². The Morgan fingerprint density at radius 2 is 1.56 bits per heavy atom. The van der Waals surface area contributed by atoms with Gasteiger partial charge < -0.3 is 9.88 Å². The average molecular weight is 368 g/mol. The SMILES string of the molecule is C[N-]CCCn1c2c(c3ccccc3c1=O)C(=O)c1ccccc1-2.[V]. The fourth-order valence-corrected chi connectivity index (χ4v) is 3.53. The van der Waals surface area contributed by atoms with Gasteiger partial charge in [-0.2, -0.15) is 7.05 Å². The molecule has 5 heteroatoms. The van der Waals surface area contributed by atoms with E-state index in [1.54, 1.807) is 17.7 Å². The van der Waals surface area contributed by atoms with Crippen LogP contribution in [-0.2, 0) is 25.1 Å². The standard InChI is InChI=1S/C20H17N2O2.V/c1-21-11-6-12-22-18-14-8-3-4-9-15(14)19(23)17(18)13-7-2-5-10-16(13)20(22)24;/h2-5,7-10H,6,11-12H2,1H3;/q-1;. The summed E-state index contributed by atoms with van der Waals surface area (Å²) in [6.07, 6.45) is 0.775. The van der Waals surface area contributed by atoms with Crippen LogP contribution < -0.4 is 5.56 Å². The van der Waals surface area contributed by atoms with Gasteiger partial charge in [-0.1, -0.05) is 48.9 Å². The Bertz CT molecular complexity index is 1020. The minimum absolute atomic E-state index is 0. The number of aromatic nitrogens is 1. The summed E-state index contributed by atoms with van der Waals surface area (Å²) in [5.41, 5.74) is 2.91. The van der Waals surface area contributed by atoms with E-state index in [2.05, 4.69) is 5.32 Å². The van der Waals surface area contributed by atoms with Gasteiger partial charge in [-0.05, 0) is 6.07 Å². The number of carbonyl (C=O) groups is 1. The molecule has 3 aromatic rings. The van der Waals surface area contributed by atoms with Gasteiger partial charge in [0, 0.05) is 47.0 Å². The molecule has 0 aliphatic heterocycles. The van der Waals surface area contributed by atoms with Crippen LogP contribution in [0.5, 0.6) is 0 Å². The molecule has 0 saturated carbocycles. The minimum Gasteiger partial charge on any atom is -0.665 e. The van der Waals surface area contributed by atoms with Crippen molar-refractivity contribution in [2.24, 2.45) is 0 Å². The van der Waals surface area contributed by atoms with Crippen molar-refractivity contribution in [2.45, 2.75) is 13.0 Å². The smallest absolute Gasteiger partial charge is 0.258 e. The van der Waals surface area contributed by atoms with Crippen LogP contribution in [0.15, 0.2) is 53.3 Å². The zero-order valence-corrected chi connectivity index (χ0v) is 15.3. The van der Waals surface area contributed by atoms with Crippen molar-refractivity contribution in [3.8, 4) is 11.3 Å². The number of rotatable bonds is 4. The van der Waals surface area contributed by atoms with Gasteiger partial charge in [0.1, 0.15) is 0 Å². The zero-order chi connectivity index (χ0) is 16.7. The number of fused-ring (bicyclic) bond motifs is 5. The molecular weight excluding hydrogens is 351 g/mol. The first-order valence-electron chi connectivity index (χ1n) is 8.09. The molecule has 1 radical (unpaired) electrons. The molecular formula is C20H17N2O2V-. The molecule has 0 bridgehead atoms. The van der Waals surface area contributed by atoms with Gasteiger partial charge in [-0.25, -0.2) is 0 Å². The molecule has 0 amide bonds. The van der Waals surface area contributed by atoms with E-state index in [9.17, 15) is 9.59 Å². The predicted octanol–water partition coefficient (Wildman–Crippen LogP) is 3.60. The molecule has 0 N–H and O–H groups in total. The van der Waals surface area contributed by atoms with Gasteiger partial charge >= 0.3 is 0 Å². The van der Waals surface area contributed by atoms with Crippen LogP contribution in [0, 0.1) is 0 Å². The van der Waals surface area contributed by atoms with Crippen molar-refractivity contribution in [1.29, 1.82) is 0 Å². The summed E-state index contributed by atoms with van der Waals surface area (Å²) in [6.45, 7) is 1.26. The quantitative estimate of drug-likeness (QED) is 0.517.